The summed E-state index contributed by atoms with van der Waals surface area (Å²) < 4.78 is 0. The maximum absolute atomic E-state index is 11.9. The van der Waals surface area contributed by atoms with Crippen molar-refractivity contribution >= 4 is 5.91 Å². The Labute approximate surface area is 106 Å². The van der Waals surface area contributed by atoms with E-state index in [2.05, 4.69) is 5.32 Å². The van der Waals surface area contributed by atoms with Crippen LogP contribution in [0.4, 0.5) is 0 Å². The maximum atomic E-state index is 11.9. The lowest BCUT2D eigenvalue weighted by Crippen LogP contribution is -2.39. The Kier molecular flexibility index (Phi) is 4.42. The fourth-order valence-corrected chi connectivity index (χ4v) is 1.44. The van der Waals surface area contributed by atoms with Crippen molar-refractivity contribution in [3.05, 3.63) is 46.0 Å². The number of nitrogens with zero attached hydrogens (tertiary/aromatic N) is 1. The molecule has 0 spiro atoms. The summed E-state index contributed by atoms with van der Waals surface area (Å²) in [7, 11) is 0. The second kappa shape index (κ2) is 5.62. The molecule has 1 aromatic carbocycles. The summed E-state index contributed by atoms with van der Waals surface area (Å²) in [5, 5.41) is 13.4. The van der Waals surface area contributed by atoms with E-state index in [1.54, 1.807) is 45.0 Å². The smallest absolute Gasteiger partial charge is 0.227 e. The number of amides is 1. The molecule has 0 radical (unpaired) electrons. The molecular weight excluding hydrogens is 232 g/mol. The van der Waals surface area contributed by atoms with E-state index in [0.29, 0.717) is 0 Å². The molecule has 1 unspecified atom stereocenters. The summed E-state index contributed by atoms with van der Waals surface area (Å²) in [5.74, 6) is -0.196. The van der Waals surface area contributed by atoms with Crippen molar-refractivity contribution in [3.63, 3.8) is 0 Å². The van der Waals surface area contributed by atoms with E-state index in [4.69, 9.17) is 0 Å². The molecule has 1 atom stereocenters. The molecule has 5 heteroatoms. The predicted molar refractivity (Wildman–Crippen MR) is 68.6 cm³/mol. The number of hydrogen-bond donors (Lipinski definition) is 1. The van der Waals surface area contributed by atoms with Gasteiger partial charge in [0, 0.05) is 10.3 Å². The zero-order valence-corrected chi connectivity index (χ0v) is 10.8. The summed E-state index contributed by atoms with van der Waals surface area (Å²) in [6, 6.07) is 8.39. The Morgan fingerprint density at radius 2 is 1.89 bits per heavy atom. The first kappa shape index (κ1) is 14.2. The minimum Gasteiger partial charge on any atom is -0.342 e. The molecule has 98 valence electrons. The standard InChI is InChI=1S/C13H18N2O3/c1-13(2,3)12(16)14-11(9-15(17)18)10-7-5-4-6-8-10/h4-8,11H,9H2,1-3H3,(H,14,16). The first-order valence-corrected chi connectivity index (χ1v) is 5.78. The van der Waals surface area contributed by atoms with Crippen LogP contribution in [0.5, 0.6) is 0 Å². The molecule has 1 rings (SSSR count). The molecule has 1 amide bonds. The molecule has 0 aliphatic carbocycles. The molecule has 0 bridgehead atoms. The number of nitro groups is 1. The van der Waals surface area contributed by atoms with Gasteiger partial charge in [-0.1, -0.05) is 51.1 Å². The van der Waals surface area contributed by atoms with Crippen molar-refractivity contribution in [1.82, 2.24) is 5.32 Å². The highest BCUT2D eigenvalue weighted by Crippen LogP contribution is 2.18. The SMILES string of the molecule is CC(C)(C)C(=O)NC(C[N+](=O)[O-])c1ccccc1. The first-order valence-electron chi connectivity index (χ1n) is 5.78. The van der Waals surface area contributed by atoms with Gasteiger partial charge in [0.15, 0.2) is 0 Å². The lowest BCUT2D eigenvalue weighted by Gasteiger charge is -2.22. The van der Waals surface area contributed by atoms with Gasteiger partial charge in [-0.15, -0.1) is 0 Å². The van der Waals surface area contributed by atoms with Gasteiger partial charge in [-0.2, -0.15) is 0 Å². The second-order valence-electron chi connectivity index (χ2n) is 5.20. The van der Waals surface area contributed by atoms with Gasteiger partial charge >= 0.3 is 0 Å². The van der Waals surface area contributed by atoms with E-state index in [1.165, 1.54) is 0 Å². The van der Waals surface area contributed by atoms with Crippen LogP contribution in [-0.2, 0) is 4.79 Å². The fourth-order valence-electron chi connectivity index (χ4n) is 1.44. The number of nitrogens with one attached hydrogen (secondary N) is 1. The monoisotopic (exact) mass is 250 g/mol. The van der Waals surface area contributed by atoms with Gasteiger partial charge in [0.2, 0.25) is 12.5 Å². The highest BCUT2D eigenvalue weighted by atomic mass is 16.6. The van der Waals surface area contributed by atoms with E-state index in [9.17, 15) is 14.9 Å². The highest BCUT2D eigenvalue weighted by molar-refractivity contribution is 5.81. The largest absolute Gasteiger partial charge is 0.342 e. The lowest BCUT2D eigenvalue weighted by molar-refractivity contribution is -0.484. The van der Waals surface area contributed by atoms with Crippen LogP contribution in [0.1, 0.15) is 32.4 Å². The summed E-state index contributed by atoms with van der Waals surface area (Å²) >= 11 is 0. The van der Waals surface area contributed by atoms with Crippen LogP contribution in [0.2, 0.25) is 0 Å². The average molecular weight is 250 g/mol. The van der Waals surface area contributed by atoms with Gasteiger partial charge < -0.3 is 5.32 Å². The highest BCUT2D eigenvalue weighted by Gasteiger charge is 2.27. The van der Waals surface area contributed by atoms with Crippen molar-refractivity contribution in [1.29, 1.82) is 0 Å². The molecule has 5 nitrogen and oxygen atoms in total. The van der Waals surface area contributed by atoms with Crippen LogP contribution >= 0.6 is 0 Å². The third kappa shape index (κ3) is 4.16. The van der Waals surface area contributed by atoms with Gasteiger partial charge in [-0.3, -0.25) is 14.9 Å². The summed E-state index contributed by atoms with van der Waals surface area (Å²) in [4.78, 5) is 22.1. The predicted octanol–water partition coefficient (Wildman–Crippen LogP) is 2.17. The third-order valence-electron chi connectivity index (χ3n) is 2.52. The van der Waals surface area contributed by atoms with Gasteiger partial charge in [0.25, 0.3) is 0 Å². The molecule has 0 aliphatic rings. The van der Waals surface area contributed by atoms with Gasteiger partial charge in [-0.25, -0.2) is 0 Å². The molecule has 1 aromatic rings. The third-order valence-corrected chi connectivity index (χ3v) is 2.52. The van der Waals surface area contributed by atoms with Crippen molar-refractivity contribution < 1.29 is 9.72 Å². The molecular formula is C13H18N2O3. The number of rotatable bonds is 4. The minimum absolute atomic E-state index is 0.196. The van der Waals surface area contributed by atoms with Crippen LogP contribution in [0.3, 0.4) is 0 Å². The van der Waals surface area contributed by atoms with Gasteiger partial charge in [0.1, 0.15) is 6.04 Å². The van der Waals surface area contributed by atoms with Crippen LogP contribution in [0.25, 0.3) is 0 Å². The second-order valence-corrected chi connectivity index (χ2v) is 5.20. The van der Waals surface area contributed by atoms with E-state index in [-0.39, 0.29) is 12.5 Å². The van der Waals surface area contributed by atoms with Gasteiger partial charge in [0.05, 0.1) is 0 Å². The molecule has 0 aliphatic heterocycles. The molecule has 0 fully saturated rings. The molecule has 0 saturated heterocycles. The Morgan fingerprint density at radius 1 is 1.33 bits per heavy atom. The van der Waals surface area contributed by atoms with Crippen LogP contribution in [0.15, 0.2) is 30.3 Å². The fraction of sp³-hybridized carbons (Fsp3) is 0.462. The molecule has 0 heterocycles. The number of carbonyl (C=O) groups is 1. The molecule has 0 saturated carbocycles. The molecule has 0 aromatic heterocycles. The van der Waals surface area contributed by atoms with Crippen LogP contribution < -0.4 is 5.32 Å². The lowest BCUT2D eigenvalue weighted by atomic mass is 9.94. The Bertz CT molecular complexity index is 424. The van der Waals surface area contributed by atoms with E-state index in [0.717, 1.165) is 5.56 Å². The van der Waals surface area contributed by atoms with Crippen LogP contribution in [-0.4, -0.2) is 17.4 Å². The summed E-state index contributed by atoms with van der Waals surface area (Å²) in [6.07, 6.45) is 0. The number of benzene rings is 1. The zero-order valence-electron chi connectivity index (χ0n) is 10.8. The van der Waals surface area contributed by atoms with Crippen molar-refractivity contribution in [2.75, 3.05) is 6.54 Å². The Morgan fingerprint density at radius 3 is 2.33 bits per heavy atom. The van der Waals surface area contributed by atoms with Gasteiger partial charge in [-0.05, 0) is 5.56 Å². The van der Waals surface area contributed by atoms with E-state index in [1.807, 2.05) is 6.07 Å². The Hall–Kier alpha value is -1.91. The number of hydrogen-bond acceptors (Lipinski definition) is 3. The molecule has 1 N–H and O–H groups in total. The first-order chi connectivity index (χ1) is 8.30. The van der Waals surface area contributed by atoms with Crippen LogP contribution in [0, 0.1) is 15.5 Å². The van der Waals surface area contributed by atoms with Crippen molar-refractivity contribution in [2.45, 2.75) is 26.8 Å². The van der Waals surface area contributed by atoms with Crippen molar-refractivity contribution in [3.8, 4) is 0 Å². The summed E-state index contributed by atoms with van der Waals surface area (Å²) in [6.45, 7) is 5.01. The zero-order chi connectivity index (χ0) is 13.8. The average Bonchev–Trinajstić information content (AvgIpc) is 2.27. The molecule has 18 heavy (non-hydrogen) atoms. The van der Waals surface area contributed by atoms with Crippen molar-refractivity contribution in [2.24, 2.45) is 5.41 Å². The Balaban J connectivity index is 2.87. The minimum atomic E-state index is -0.590. The number of carbonyl (C=O) groups excluding carboxylic acids is 1. The topological polar surface area (TPSA) is 72.2 Å². The maximum Gasteiger partial charge on any atom is 0.227 e. The normalized spacial score (nSPS) is 12.8. The van der Waals surface area contributed by atoms with E-state index < -0.39 is 16.4 Å². The quantitative estimate of drug-likeness (QED) is 0.657. The summed E-state index contributed by atoms with van der Waals surface area (Å²) in [5.41, 5.74) is 0.177. The van der Waals surface area contributed by atoms with E-state index >= 15 is 0 Å².